The third-order valence-corrected chi connectivity index (χ3v) is 4.10. The van der Waals surface area contributed by atoms with Crippen LogP contribution in [0.4, 0.5) is 4.79 Å². The lowest BCUT2D eigenvalue weighted by Gasteiger charge is -2.22. The minimum atomic E-state index is -0.703. The van der Waals surface area contributed by atoms with Crippen molar-refractivity contribution in [2.45, 2.75) is 13.0 Å². The first kappa shape index (κ1) is 18.4. The third-order valence-electron chi connectivity index (χ3n) is 4.10. The van der Waals surface area contributed by atoms with Crippen molar-refractivity contribution in [3.05, 3.63) is 65.7 Å². The quantitative estimate of drug-likeness (QED) is 0.810. The van der Waals surface area contributed by atoms with Gasteiger partial charge in [-0.15, -0.1) is 0 Å². The highest BCUT2D eigenvalue weighted by molar-refractivity contribution is 5.97. The first-order valence-electron chi connectivity index (χ1n) is 8.54. The maximum atomic E-state index is 12.4. The van der Waals surface area contributed by atoms with Crippen molar-refractivity contribution < 1.29 is 23.9 Å². The zero-order valence-corrected chi connectivity index (χ0v) is 14.9. The highest BCUT2D eigenvalue weighted by Gasteiger charge is 2.33. The third kappa shape index (κ3) is 4.84. The van der Waals surface area contributed by atoms with Gasteiger partial charge >= 0.3 is 6.09 Å². The number of amides is 3. The number of aryl methyl sites for hydroxylation is 1. The average Bonchev–Trinajstić information content (AvgIpc) is 2.98. The zero-order chi connectivity index (χ0) is 19.2. The summed E-state index contributed by atoms with van der Waals surface area (Å²) in [5, 5.41) is 2.82. The fourth-order valence-corrected chi connectivity index (χ4v) is 2.75. The van der Waals surface area contributed by atoms with Crippen LogP contribution in [0.5, 0.6) is 5.75 Å². The number of carbonyl (C=O) groups is 3. The molecule has 27 heavy (non-hydrogen) atoms. The molecule has 0 spiro atoms. The van der Waals surface area contributed by atoms with E-state index in [1.54, 1.807) is 6.07 Å². The van der Waals surface area contributed by atoms with Crippen LogP contribution in [0.1, 0.15) is 17.2 Å². The molecule has 1 unspecified atom stereocenters. The van der Waals surface area contributed by atoms with Gasteiger partial charge in [0.1, 0.15) is 5.75 Å². The number of carbonyl (C=O) groups excluding carboxylic acids is 3. The fourth-order valence-electron chi connectivity index (χ4n) is 2.75. The zero-order valence-electron chi connectivity index (χ0n) is 14.9. The van der Waals surface area contributed by atoms with E-state index in [9.17, 15) is 14.4 Å². The smallest absolute Gasteiger partial charge is 0.417 e. The predicted molar refractivity (Wildman–Crippen MR) is 97.1 cm³/mol. The van der Waals surface area contributed by atoms with Gasteiger partial charge in [0, 0.05) is 0 Å². The Bertz CT molecular complexity index is 821. The summed E-state index contributed by atoms with van der Waals surface area (Å²) in [6, 6.07) is 16.0. The number of nitrogens with zero attached hydrogens (tertiary/aromatic N) is 1. The van der Waals surface area contributed by atoms with E-state index >= 15 is 0 Å². The van der Waals surface area contributed by atoms with Gasteiger partial charge in [-0.1, -0.05) is 42.5 Å². The lowest BCUT2D eigenvalue weighted by atomic mass is 10.1. The van der Waals surface area contributed by atoms with Crippen molar-refractivity contribution in [3.8, 4) is 5.75 Å². The molecule has 0 radical (unpaired) electrons. The molecule has 1 atom stereocenters. The first-order valence-corrected chi connectivity index (χ1v) is 8.54. The van der Waals surface area contributed by atoms with Crippen molar-refractivity contribution >= 4 is 17.9 Å². The van der Waals surface area contributed by atoms with E-state index in [1.807, 2.05) is 55.5 Å². The Hall–Kier alpha value is -3.35. The standard InChI is InChI=1S/C20H20N2O5/c1-14-6-5-9-16(10-14)26-12-18(23)21-17(15-7-3-2-4-8-15)11-22-19(24)13-27-20(22)25/h2-10,17H,11-13H2,1H3,(H,21,23). The maximum Gasteiger partial charge on any atom is 0.417 e. The molecule has 0 bridgehead atoms. The van der Waals surface area contributed by atoms with Gasteiger partial charge in [-0.3, -0.25) is 9.59 Å². The van der Waals surface area contributed by atoms with Crippen LogP contribution in [0.3, 0.4) is 0 Å². The predicted octanol–water partition coefficient (Wildman–Crippen LogP) is 2.21. The Balaban J connectivity index is 1.66. The maximum absolute atomic E-state index is 12.4. The molecule has 1 fully saturated rings. The normalized spacial score (nSPS) is 14.6. The lowest BCUT2D eigenvalue weighted by Crippen LogP contribution is -2.41. The molecule has 2 aromatic rings. The summed E-state index contributed by atoms with van der Waals surface area (Å²) in [6.07, 6.45) is -0.703. The number of hydrogen-bond acceptors (Lipinski definition) is 5. The van der Waals surface area contributed by atoms with Gasteiger partial charge < -0.3 is 14.8 Å². The molecule has 0 aromatic heterocycles. The Labute approximate surface area is 156 Å². The van der Waals surface area contributed by atoms with Crippen LogP contribution >= 0.6 is 0 Å². The van der Waals surface area contributed by atoms with Crippen LogP contribution in [0.25, 0.3) is 0 Å². The van der Waals surface area contributed by atoms with E-state index in [0.29, 0.717) is 5.75 Å². The molecule has 3 amide bonds. The van der Waals surface area contributed by atoms with Crippen molar-refractivity contribution in [1.29, 1.82) is 0 Å². The molecule has 1 aliphatic rings. The summed E-state index contributed by atoms with van der Waals surface area (Å²) in [7, 11) is 0. The number of ether oxygens (including phenoxy) is 2. The molecule has 1 aliphatic heterocycles. The van der Waals surface area contributed by atoms with Crippen LogP contribution in [-0.4, -0.2) is 42.6 Å². The van der Waals surface area contributed by atoms with Gasteiger partial charge in [-0.05, 0) is 30.2 Å². The van der Waals surface area contributed by atoms with E-state index < -0.39 is 18.0 Å². The van der Waals surface area contributed by atoms with E-state index in [4.69, 9.17) is 9.47 Å². The summed E-state index contributed by atoms with van der Waals surface area (Å²) < 4.78 is 10.2. The van der Waals surface area contributed by atoms with Crippen molar-refractivity contribution in [2.24, 2.45) is 0 Å². The van der Waals surface area contributed by atoms with E-state index in [-0.39, 0.29) is 25.7 Å². The van der Waals surface area contributed by atoms with E-state index in [0.717, 1.165) is 16.0 Å². The van der Waals surface area contributed by atoms with Crippen molar-refractivity contribution in [3.63, 3.8) is 0 Å². The lowest BCUT2D eigenvalue weighted by molar-refractivity contribution is -0.128. The van der Waals surface area contributed by atoms with Crippen LogP contribution < -0.4 is 10.1 Å². The van der Waals surface area contributed by atoms with Gasteiger partial charge in [0.2, 0.25) is 0 Å². The number of benzene rings is 2. The number of nitrogens with one attached hydrogen (secondary N) is 1. The fraction of sp³-hybridized carbons (Fsp3) is 0.250. The summed E-state index contributed by atoms with van der Waals surface area (Å²) in [5.74, 6) is -0.184. The van der Waals surface area contributed by atoms with Crippen molar-refractivity contribution in [1.82, 2.24) is 10.2 Å². The molecule has 0 saturated carbocycles. The number of hydrogen-bond donors (Lipinski definition) is 1. The molecule has 1 heterocycles. The second-order valence-electron chi connectivity index (χ2n) is 6.19. The summed E-state index contributed by atoms with van der Waals surface area (Å²) in [6.45, 7) is 1.48. The first-order chi connectivity index (χ1) is 13.0. The Kier molecular flexibility index (Phi) is 5.71. The topological polar surface area (TPSA) is 84.9 Å². The van der Waals surface area contributed by atoms with Gasteiger partial charge in [-0.2, -0.15) is 0 Å². The second kappa shape index (κ2) is 8.35. The van der Waals surface area contributed by atoms with E-state index in [2.05, 4.69) is 5.32 Å². The highest BCUT2D eigenvalue weighted by Crippen LogP contribution is 2.18. The Morgan fingerprint density at radius 1 is 1.19 bits per heavy atom. The molecule has 7 heteroatoms. The molecule has 140 valence electrons. The molecular formula is C20H20N2O5. The number of imide groups is 1. The minimum absolute atomic E-state index is 0.00212. The Morgan fingerprint density at radius 2 is 1.96 bits per heavy atom. The molecule has 1 N–H and O–H groups in total. The van der Waals surface area contributed by atoms with Crippen LogP contribution in [-0.2, 0) is 14.3 Å². The monoisotopic (exact) mass is 368 g/mol. The van der Waals surface area contributed by atoms with Gasteiger partial charge in [0.15, 0.2) is 13.2 Å². The molecule has 7 nitrogen and oxygen atoms in total. The van der Waals surface area contributed by atoms with Crippen molar-refractivity contribution in [2.75, 3.05) is 19.8 Å². The number of cyclic esters (lactones) is 1. The van der Waals surface area contributed by atoms with Crippen LogP contribution in [0.2, 0.25) is 0 Å². The van der Waals surface area contributed by atoms with Crippen LogP contribution in [0, 0.1) is 6.92 Å². The highest BCUT2D eigenvalue weighted by atomic mass is 16.6. The minimum Gasteiger partial charge on any atom is -0.484 e. The average molecular weight is 368 g/mol. The molecule has 2 aromatic carbocycles. The van der Waals surface area contributed by atoms with Gasteiger partial charge in [0.25, 0.3) is 11.8 Å². The molecule has 1 saturated heterocycles. The summed E-state index contributed by atoms with van der Waals surface area (Å²) in [4.78, 5) is 36.9. The SMILES string of the molecule is Cc1cccc(OCC(=O)NC(CN2C(=O)COC2=O)c2ccccc2)c1. The van der Waals surface area contributed by atoms with Gasteiger partial charge in [-0.25, -0.2) is 9.69 Å². The summed E-state index contributed by atoms with van der Waals surface area (Å²) >= 11 is 0. The number of rotatable bonds is 7. The van der Waals surface area contributed by atoms with Gasteiger partial charge in [0.05, 0.1) is 12.6 Å². The Morgan fingerprint density at radius 3 is 2.63 bits per heavy atom. The molecule has 3 rings (SSSR count). The summed E-state index contributed by atoms with van der Waals surface area (Å²) in [5.41, 5.74) is 1.80. The largest absolute Gasteiger partial charge is 0.484 e. The second-order valence-corrected chi connectivity index (χ2v) is 6.19. The van der Waals surface area contributed by atoms with Crippen LogP contribution in [0.15, 0.2) is 54.6 Å². The van der Waals surface area contributed by atoms with E-state index in [1.165, 1.54) is 0 Å². The molecule has 0 aliphatic carbocycles. The molecular weight excluding hydrogens is 348 g/mol.